The van der Waals surface area contributed by atoms with Crippen molar-refractivity contribution in [1.29, 1.82) is 0 Å². The van der Waals surface area contributed by atoms with Gasteiger partial charge in [-0.1, -0.05) is 386 Å². The van der Waals surface area contributed by atoms with Crippen molar-refractivity contribution in [2.75, 3.05) is 13.2 Å². The number of allylic oxidation sites excluding steroid dienone is 2. The summed E-state index contributed by atoms with van der Waals surface area (Å²) in [7, 11) is 0. The minimum atomic E-state index is -0.662. The Kier molecular flexibility index (Phi) is 70.8. The predicted octanol–water partition coefficient (Wildman–Crippen LogP) is 24.7. The van der Waals surface area contributed by atoms with Gasteiger partial charge in [0.25, 0.3) is 0 Å². The number of rotatable bonds is 72. The van der Waals surface area contributed by atoms with E-state index >= 15 is 0 Å². The fraction of sp³-hybridized carbons (Fsp3) is 0.947. The number of nitrogens with one attached hydrogen (secondary N) is 1. The topological polar surface area (TPSA) is 95.9 Å². The standard InChI is InChI=1S/C76H149NO5/c1-3-5-7-9-11-13-15-17-19-20-21-22-32-35-38-41-44-48-52-56-60-64-68-74(79)73(72-78)77-75(80)69-65-61-57-53-49-45-42-39-36-33-30-28-26-24-23-25-27-29-31-34-37-40-43-47-51-55-59-63-67-71-82-76(81)70-66-62-58-54-50-46-18-16-14-12-10-8-6-4-2/h16,18,73-74,78-79H,3-15,17,19-72H2,1-2H3,(H,77,80)/b18-16-. The fourth-order valence-electron chi connectivity index (χ4n) is 12.3. The fourth-order valence-corrected chi connectivity index (χ4v) is 12.3. The minimum absolute atomic E-state index is 0.0121. The first kappa shape index (κ1) is 80.6. The van der Waals surface area contributed by atoms with Crippen molar-refractivity contribution in [3.63, 3.8) is 0 Å². The zero-order valence-corrected chi connectivity index (χ0v) is 56.0. The number of aliphatic hydroxyl groups excluding tert-OH is 2. The van der Waals surface area contributed by atoms with Crippen LogP contribution in [0.15, 0.2) is 12.2 Å². The molecular formula is C76H149NO5. The van der Waals surface area contributed by atoms with E-state index in [1.807, 2.05) is 0 Å². The summed E-state index contributed by atoms with van der Waals surface area (Å²) in [6.45, 7) is 4.99. The molecule has 1 amide bonds. The maximum Gasteiger partial charge on any atom is 0.305 e. The molecule has 3 N–H and O–H groups in total. The van der Waals surface area contributed by atoms with Gasteiger partial charge in [0.1, 0.15) is 0 Å². The lowest BCUT2D eigenvalue weighted by Crippen LogP contribution is -2.45. The summed E-state index contributed by atoms with van der Waals surface area (Å²) in [4.78, 5) is 24.6. The number of hydrogen-bond donors (Lipinski definition) is 3. The number of unbranched alkanes of at least 4 members (excludes halogenated alkanes) is 59. The smallest absolute Gasteiger partial charge is 0.305 e. The Morgan fingerprint density at radius 3 is 0.866 bits per heavy atom. The molecule has 0 aromatic rings. The van der Waals surface area contributed by atoms with Crippen LogP contribution in [-0.2, 0) is 14.3 Å². The van der Waals surface area contributed by atoms with Gasteiger partial charge in [-0.15, -0.1) is 0 Å². The molecule has 0 heterocycles. The Morgan fingerprint density at radius 1 is 0.329 bits per heavy atom. The van der Waals surface area contributed by atoms with Crippen LogP contribution in [0.25, 0.3) is 0 Å². The third-order valence-electron chi connectivity index (χ3n) is 18.1. The number of carbonyl (C=O) groups is 2. The summed E-state index contributed by atoms with van der Waals surface area (Å²) in [5.74, 6) is -0.0138. The van der Waals surface area contributed by atoms with E-state index < -0.39 is 12.1 Å². The van der Waals surface area contributed by atoms with E-state index in [4.69, 9.17) is 4.74 Å². The zero-order chi connectivity index (χ0) is 59.2. The Balaban J connectivity index is 3.34. The van der Waals surface area contributed by atoms with Crippen LogP contribution >= 0.6 is 0 Å². The van der Waals surface area contributed by atoms with Crippen LogP contribution in [0.2, 0.25) is 0 Å². The van der Waals surface area contributed by atoms with Crippen LogP contribution in [0.5, 0.6) is 0 Å². The SMILES string of the molecule is CCCCCCC/C=C\CCCCCCCC(=O)OCCCCCCCCCCCCCCCCCCCCCCCCCCCCCCCC(=O)NC(CO)C(O)CCCCCCCCCCCCCCCCCCCCCCCC. The van der Waals surface area contributed by atoms with Gasteiger partial charge in [-0.3, -0.25) is 9.59 Å². The maximum atomic E-state index is 12.6. The van der Waals surface area contributed by atoms with E-state index in [1.54, 1.807) is 0 Å². The molecule has 0 fully saturated rings. The molecule has 0 aliphatic heterocycles. The minimum Gasteiger partial charge on any atom is -0.466 e. The van der Waals surface area contributed by atoms with Crippen molar-refractivity contribution >= 4 is 11.9 Å². The lowest BCUT2D eigenvalue weighted by Gasteiger charge is -2.22. The molecule has 0 saturated heterocycles. The number of ether oxygens (including phenoxy) is 1. The molecule has 0 aromatic heterocycles. The molecule has 0 aromatic carbocycles. The summed E-state index contributed by atoms with van der Waals surface area (Å²) in [6.07, 6.45) is 90.0. The van der Waals surface area contributed by atoms with Gasteiger partial charge < -0.3 is 20.3 Å². The molecule has 0 aliphatic rings. The molecule has 2 unspecified atom stereocenters. The maximum absolute atomic E-state index is 12.6. The van der Waals surface area contributed by atoms with Crippen molar-refractivity contribution in [3.05, 3.63) is 12.2 Å². The Hall–Kier alpha value is -1.40. The molecule has 82 heavy (non-hydrogen) atoms. The highest BCUT2D eigenvalue weighted by Crippen LogP contribution is 2.20. The van der Waals surface area contributed by atoms with Crippen molar-refractivity contribution in [2.45, 2.75) is 450 Å². The van der Waals surface area contributed by atoms with Crippen LogP contribution in [-0.4, -0.2) is 47.4 Å². The van der Waals surface area contributed by atoms with Gasteiger partial charge in [0, 0.05) is 12.8 Å². The van der Waals surface area contributed by atoms with E-state index in [2.05, 4.69) is 31.3 Å². The molecule has 6 nitrogen and oxygen atoms in total. The number of hydrogen-bond acceptors (Lipinski definition) is 5. The van der Waals surface area contributed by atoms with Crippen LogP contribution < -0.4 is 5.32 Å². The molecule has 2 atom stereocenters. The van der Waals surface area contributed by atoms with Crippen LogP contribution in [0.1, 0.15) is 438 Å². The Morgan fingerprint density at radius 2 is 0.573 bits per heavy atom. The normalized spacial score (nSPS) is 12.5. The van der Waals surface area contributed by atoms with Gasteiger partial charge in [-0.25, -0.2) is 0 Å². The van der Waals surface area contributed by atoms with E-state index in [9.17, 15) is 19.8 Å². The molecule has 0 spiro atoms. The first-order chi connectivity index (χ1) is 40.5. The Labute approximate surface area is 514 Å². The van der Waals surface area contributed by atoms with Crippen LogP contribution in [0.4, 0.5) is 0 Å². The van der Waals surface area contributed by atoms with Gasteiger partial charge in [0.05, 0.1) is 25.4 Å². The van der Waals surface area contributed by atoms with Gasteiger partial charge in [0.2, 0.25) is 5.91 Å². The average Bonchev–Trinajstić information content (AvgIpc) is 3.48. The summed E-state index contributed by atoms with van der Waals surface area (Å²) in [6, 6.07) is -0.539. The average molecular weight is 1160 g/mol. The van der Waals surface area contributed by atoms with Gasteiger partial charge >= 0.3 is 5.97 Å². The Bertz CT molecular complexity index is 1240. The summed E-state index contributed by atoms with van der Waals surface area (Å²) in [5.41, 5.74) is 0. The van der Waals surface area contributed by atoms with Crippen molar-refractivity contribution in [3.8, 4) is 0 Å². The number of esters is 1. The van der Waals surface area contributed by atoms with Crippen molar-refractivity contribution < 1.29 is 24.5 Å². The summed E-state index contributed by atoms with van der Waals surface area (Å²) in [5, 5.41) is 23.5. The highest BCUT2D eigenvalue weighted by atomic mass is 16.5. The molecule has 0 aliphatic carbocycles. The first-order valence-corrected chi connectivity index (χ1v) is 37.9. The third kappa shape index (κ3) is 67.7. The van der Waals surface area contributed by atoms with Gasteiger partial charge in [-0.2, -0.15) is 0 Å². The molecule has 0 saturated carbocycles. The molecule has 6 heteroatoms. The summed E-state index contributed by atoms with van der Waals surface area (Å²) >= 11 is 0. The van der Waals surface area contributed by atoms with Crippen molar-refractivity contribution in [2.24, 2.45) is 0 Å². The molecule has 488 valence electrons. The molecule has 0 radical (unpaired) electrons. The lowest BCUT2D eigenvalue weighted by atomic mass is 10.0. The van der Waals surface area contributed by atoms with E-state index in [-0.39, 0.29) is 18.5 Å². The molecule has 0 bridgehead atoms. The van der Waals surface area contributed by atoms with E-state index in [1.165, 1.54) is 360 Å². The van der Waals surface area contributed by atoms with Gasteiger partial charge in [0.15, 0.2) is 0 Å². The number of carbonyl (C=O) groups excluding carboxylic acids is 2. The highest BCUT2D eigenvalue weighted by molar-refractivity contribution is 5.76. The van der Waals surface area contributed by atoms with Gasteiger partial charge in [-0.05, 0) is 51.4 Å². The summed E-state index contributed by atoms with van der Waals surface area (Å²) < 4.78 is 5.49. The lowest BCUT2D eigenvalue weighted by molar-refractivity contribution is -0.143. The zero-order valence-electron chi connectivity index (χ0n) is 56.0. The van der Waals surface area contributed by atoms with Crippen molar-refractivity contribution in [1.82, 2.24) is 5.32 Å². The number of aliphatic hydroxyl groups is 2. The largest absolute Gasteiger partial charge is 0.466 e. The van der Waals surface area contributed by atoms with Crippen LogP contribution in [0.3, 0.4) is 0 Å². The van der Waals surface area contributed by atoms with Crippen LogP contribution in [0, 0.1) is 0 Å². The second-order valence-electron chi connectivity index (χ2n) is 26.3. The second-order valence-corrected chi connectivity index (χ2v) is 26.3. The second kappa shape index (κ2) is 72.1. The molecule has 0 rings (SSSR count). The quantitative estimate of drug-likeness (QED) is 0.0320. The van der Waals surface area contributed by atoms with E-state index in [0.29, 0.717) is 25.9 Å². The predicted molar refractivity (Wildman–Crippen MR) is 361 cm³/mol. The highest BCUT2D eigenvalue weighted by Gasteiger charge is 2.20. The van der Waals surface area contributed by atoms with E-state index in [0.717, 1.165) is 44.9 Å². The first-order valence-electron chi connectivity index (χ1n) is 37.9. The molecular weight excluding hydrogens is 1010 g/mol. The number of amides is 1. The third-order valence-corrected chi connectivity index (χ3v) is 18.1. The monoisotopic (exact) mass is 1160 g/mol.